The molecule has 0 spiro atoms. The Morgan fingerprint density at radius 3 is 2.11 bits per heavy atom. The Bertz CT molecular complexity index is 972. The molecule has 0 aliphatic heterocycles. The molecule has 142 valence electrons. The summed E-state index contributed by atoms with van der Waals surface area (Å²) < 4.78 is 80.5. The molecule has 0 radical (unpaired) electrons. The van der Waals surface area contributed by atoms with E-state index in [0.29, 0.717) is 12.3 Å². The van der Waals surface area contributed by atoms with Gasteiger partial charge in [-0.3, -0.25) is 4.99 Å². The number of hydrogen-bond donors (Lipinski definition) is 2. The van der Waals surface area contributed by atoms with Crippen LogP contribution in [0.2, 0.25) is 0 Å². The molecule has 27 heavy (non-hydrogen) atoms. The molecule has 0 aliphatic carbocycles. The Morgan fingerprint density at radius 2 is 1.56 bits per heavy atom. The van der Waals surface area contributed by atoms with Gasteiger partial charge in [-0.25, -0.2) is 31.1 Å². The Morgan fingerprint density at radius 1 is 0.963 bits per heavy atom. The lowest BCUT2D eigenvalue weighted by molar-refractivity contribution is -0.132. The molecule has 0 fully saturated rings. The van der Waals surface area contributed by atoms with Crippen LogP contribution in [0.25, 0.3) is 5.76 Å². The number of carbonyl (C=O) groups is 1. The van der Waals surface area contributed by atoms with Gasteiger partial charge in [-0.1, -0.05) is 0 Å². The van der Waals surface area contributed by atoms with Crippen LogP contribution in [0.4, 0.5) is 32.0 Å². The number of benzene rings is 2. The van der Waals surface area contributed by atoms with Gasteiger partial charge in [0.15, 0.2) is 29.1 Å². The molecule has 2 rings (SSSR count). The van der Waals surface area contributed by atoms with Gasteiger partial charge in [0.05, 0.1) is 11.3 Å². The van der Waals surface area contributed by atoms with Crippen molar-refractivity contribution in [2.75, 3.05) is 0 Å². The lowest BCUT2D eigenvalue weighted by atomic mass is 10.0. The van der Waals surface area contributed by atoms with E-state index in [1.54, 1.807) is 0 Å². The highest BCUT2D eigenvalue weighted by atomic mass is 19.2. The molecule has 4 nitrogen and oxygen atoms in total. The number of hydrogen-bond acceptors (Lipinski definition) is 3. The second kappa shape index (κ2) is 7.52. The third-order valence-electron chi connectivity index (χ3n) is 3.47. The third-order valence-corrected chi connectivity index (χ3v) is 3.47. The van der Waals surface area contributed by atoms with E-state index in [1.165, 1.54) is 0 Å². The lowest BCUT2D eigenvalue weighted by Gasteiger charge is -2.11. The van der Waals surface area contributed by atoms with Crippen LogP contribution in [0.15, 0.2) is 28.8 Å². The van der Waals surface area contributed by atoms with Crippen LogP contribution in [0.1, 0.15) is 11.1 Å². The fraction of sp³-hybridized carbons (Fsp3) is 0.0588. The second-order valence-electron chi connectivity index (χ2n) is 5.18. The number of aliphatic carboxylic acids is 1. The first kappa shape index (κ1) is 20.0. The number of rotatable bonds is 4. The monoisotopic (exact) mass is 389 g/mol. The first-order chi connectivity index (χ1) is 12.6. The van der Waals surface area contributed by atoms with Crippen LogP contribution in [0.3, 0.4) is 0 Å². The highest BCUT2D eigenvalue weighted by Gasteiger charge is 2.27. The van der Waals surface area contributed by atoms with Crippen molar-refractivity contribution >= 4 is 23.6 Å². The van der Waals surface area contributed by atoms with Crippen molar-refractivity contribution < 1.29 is 41.4 Å². The SMILES string of the molecule is Cc1c(F)c(F)c(F)c(F)c1C(O)=C(C=Nc1ccc(F)cc1F)C(=O)O. The Labute approximate surface area is 147 Å². The molecule has 0 heterocycles. The molecule has 0 saturated heterocycles. The van der Waals surface area contributed by atoms with Gasteiger partial charge in [0.25, 0.3) is 0 Å². The number of aliphatic hydroxyl groups excluding tert-OH is 1. The van der Waals surface area contributed by atoms with Crippen LogP contribution in [0.5, 0.6) is 0 Å². The summed E-state index contributed by atoms with van der Waals surface area (Å²) >= 11 is 0. The van der Waals surface area contributed by atoms with Crippen molar-refractivity contribution in [2.45, 2.75) is 6.92 Å². The summed E-state index contributed by atoms with van der Waals surface area (Å²) in [4.78, 5) is 14.7. The number of aliphatic imine (C=N–C) groups is 1. The quantitative estimate of drug-likeness (QED) is 0.201. The predicted octanol–water partition coefficient (Wildman–Crippen LogP) is 4.59. The van der Waals surface area contributed by atoms with Gasteiger partial charge < -0.3 is 10.2 Å². The van der Waals surface area contributed by atoms with Gasteiger partial charge in [0, 0.05) is 17.8 Å². The van der Waals surface area contributed by atoms with Crippen LogP contribution in [-0.4, -0.2) is 22.4 Å². The van der Waals surface area contributed by atoms with Crippen LogP contribution < -0.4 is 0 Å². The molecule has 0 atom stereocenters. The van der Waals surface area contributed by atoms with Crippen LogP contribution in [-0.2, 0) is 4.79 Å². The zero-order valence-corrected chi connectivity index (χ0v) is 13.3. The summed E-state index contributed by atoms with van der Waals surface area (Å²) in [6, 6.07) is 2.11. The van der Waals surface area contributed by atoms with Gasteiger partial charge in [0.2, 0.25) is 0 Å². The molecule has 2 N–H and O–H groups in total. The lowest BCUT2D eigenvalue weighted by Crippen LogP contribution is -2.11. The molecule has 2 aromatic rings. The fourth-order valence-electron chi connectivity index (χ4n) is 2.10. The van der Waals surface area contributed by atoms with Crippen molar-refractivity contribution in [3.05, 3.63) is 69.8 Å². The minimum Gasteiger partial charge on any atom is -0.506 e. The van der Waals surface area contributed by atoms with Gasteiger partial charge in [-0.05, 0) is 19.1 Å². The molecule has 2 aromatic carbocycles. The summed E-state index contributed by atoms with van der Waals surface area (Å²) in [5.74, 6) is -13.7. The predicted molar refractivity (Wildman–Crippen MR) is 82.7 cm³/mol. The topological polar surface area (TPSA) is 69.9 Å². The zero-order valence-electron chi connectivity index (χ0n) is 13.3. The molecule has 0 bridgehead atoms. The first-order valence-corrected chi connectivity index (χ1v) is 7.04. The van der Waals surface area contributed by atoms with Crippen molar-refractivity contribution in [1.29, 1.82) is 0 Å². The summed E-state index contributed by atoms with van der Waals surface area (Å²) in [7, 11) is 0. The van der Waals surface area contributed by atoms with Crippen molar-refractivity contribution in [3.63, 3.8) is 0 Å². The van der Waals surface area contributed by atoms with Crippen molar-refractivity contribution in [1.82, 2.24) is 0 Å². The molecule has 0 aromatic heterocycles. The van der Waals surface area contributed by atoms with E-state index < -0.39 is 69.0 Å². The largest absolute Gasteiger partial charge is 0.506 e. The Hall–Kier alpha value is -3.30. The second-order valence-corrected chi connectivity index (χ2v) is 5.18. The molecule has 10 heteroatoms. The van der Waals surface area contributed by atoms with E-state index in [9.17, 15) is 36.2 Å². The average molecular weight is 389 g/mol. The van der Waals surface area contributed by atoms with E-state index >= 15 is 0 Å². The maximum absolute atomic E-state index is 13.9. The zero-order chi connectivity index (χ0) is 20.5. The van der Waals surface area contributed by atoms with E-state index in [0.717, 1.165) is 19.1 Å². The summed E-state index contributed by atoms with van der Waals surface area (Å²) in [5.41, 5.74) is -3.85. The van der Waals surface area contributed by atoms with Gasteiger partial charge in [-0.15, -0.1) is 0 Å². The number of carboxylic acid groups (broad SMARTS) is 1. The van der Waals surface area contributed by atoms with Gasteiger partial charge in [0.1, 0.15) is 17.1 Å². The van der Waals surface area contributed by atoms with Crippen LogP contribution >= 0.6 is 0 Å². The Kier molecular flexibility index (Phi) is 5.58. The van der Waals surface area contributed by atoms with E-state index in [2.05, 4.69) is 4.99 Å². The van der Waals surface area contributed by atoms with Crippen LogP contribution in [0, 0.1) is 41.8 Å². The molecule has 0 amide bonds. The average Bonchev–Trinajstić information content (AvgIpc) is 2.60. The minimum absolute atomic E-state index is 0.367. The summed E-state index contributed by atoms with van der Waals surface area (Å²) in [5, 5.41) is 19.1. The van der Waals surface area contributed by atoms with E-state index in [1.807, 2.05) is 0 Å². The molecule has 0 aliphatic rings. The minimum atomic E-state index is -2.26. The Balaban J connectivity index is 2.67. The third kappa shape index (κ3) is 3.78. The van der Waals surface area contributed by atoms with Gasteiger partial charge >= 0.3 is 5.97 Å². The van der Waals surface area contributed by atoms with Crippen molar-refractivity contribution in [3.8, 4) is 0 Å². The number of halogens is 6. The molecule has 0 saturated carbocycles. The smallest absolute Gasteiger partial charge is 0.341 e. The number of nitrogens with zero attached hydrogens (tertiary/aromatic N) is 1. The first-order valence-electron chi connectivity index (χ1n) is 7.04. The summed E-state index contributed by atoms with van der Waals surface area (Å²) in [6.45, 7) is 0.780. The standard InChI is InChI=1S/C17H9F6NO3/c1-6-11(13(21)15(23)14(22)12(6)20)16(25)8(17(26)27)5-24-10-3-2-7(18)4-9(10)19/h2-5,25H,1H3,(H,26,27). The molecular formula is C17H9F6NO3. The number of aliphatic hydroxyl groups is 1. The highest BCUT2D eigenvalue weighted by Crippen LogP contribution is 2.29. The number of carboxylic acids is 1. The maximum atomic E-state index is 13.9. The van der Waals surface area contributed by atoms with Gasteiger partial charge in [-0.2, -0.15) is 0 Å². The molecular weight excluding hydrogens is 380 g/mol. The normalized spacial score (nSPS) is 12.4. The fourth-order valence-corrected chi connectivity index (χ4v) is 2.10. The highest BCUT2D eigenvalue weighted by molar-refractivity contribution is 6.14. The molecule has 0 unspecified atom stereocenters. The van der Waals surface area contributed by atoms with E-state index in [4.69, 9.17) is 5.11 Å². The maximum Gasteiger partial charge on any atom is 0.341 e. The van der Waals surface area contributed by atoms with E-state index in [-0.39, 0.29) is 0 Å². The summed E-state index contributed by atoms with van der Waals surface area (Å²) in [6.07, 6.45) is 0.367. The van der Waals surface area contributed by atoms with Crippen molar-refractivity contribution in [2.24, 2.45) is 4.99 Å².